The van der Waals surface area contributed by atoms with Gasteiger partial charge in [-0.15, -0.1) is 0 Å². The minimum atomic E-state index is -0.595. The first-order valence-electron chi connectivity index (χ1n) is 19.5. The highest BCUT2D eigenvalue weighted by atomic mass is 16.3. The van der Waals surface area contributed by atoms with Crippen molar-refractivity contribution in [1.82, 2.24) is 4.90 Å². The number of carbonyl (C=O) groups excluding carboxylic acids is 2. The molecule has 0 aliphatic rings. The molecule has 0 radical (unpaired) electrons. The van der Waals surface area contributed by atoms with E-state index in [0.29, 0.717) is 6.42 Å². The Balaban J connectivity index is 4.35. The molecular formula is C39H77NO4. The molecule has 0 aromatic heterocycles. The lowest BCUT2D eigenvalue weighted by Crippen LogP contribution is -2.49. The normalized spacial score (nSPS) is 13.6. The van der Waals surface area contributed by atoms with Gasteiger partial charge in [0, 0.05) is 31.3 Å². The molecular weight excluding hydrogens is 546 g/mol. The molecule has 5 nitrogen and oxygen atoms in total. The van der Waals surface area contributed by atoms with Crippen LogP contribution in [0.15, 0.2) is 0 Å². The Morgan fingerprint density at radius 2 is 0.977 bits per heavy atom. The lowest BCUT2D eigenvalue weighted by atomic mass is 9.86. The molecule has 0 fully saturated rings. The van der Waals surface area contributed by atoms with Crippen molar-refractivity contribution in [1.29, 1.82) is 0 Å². The summed E-state index contributed by atoms with van der Waals surface area (Å²) in [5, 5.41) is 20.4. The second-order valence-electron chi connectivity index (χ2n) is 13.7. The molecule has 2 N–H and O–H groups in total. The van der Waals surface area contributed by atoms with Gasteiger partial charge < -0.3 is 19.9 Å². The Morgan fingerprint density at radius 1 is 0.614 bits per heavy atom. The van der Waals surface area contributed by atoms with Crippen molar-refractivity contribution in [2.24, 2.45) is 5.92 Å². The number of rotatable bonds is 35. The predicted molar refractivity (Wildman–Crippen MR) is 189 cm³/mol. The molecule has 44 heavy (non-hydrogen) atoms. The molecule has 0 heterocycles. The van der Waals surface area contributed by atoms with E-state index in [0.717, 1.165) is 44.8 Å². The van der Waals surface area contributed by atoms with Gasteiger partial charge in [-0.3, -0.25) is 4.79 Å². The third-order valence-corrected chi connectivity index (χ3v) is 9.65. The molecule has 0 rings (SSSR count). The lowest BCUT2D eigenvalue weighted by molar-refractivity contribution is -0.137. The van der Waals surface area contributed by atoms with Crippen molar-refractivity contribution in [3.05, 3.63) is 0 Å². The Kier molecular flexibility index (Phi) is 32.7. The SMILES string of the molecule is CCCCCCCCCCCCCCCC(=O)N(CCO)C(CC=O)C(CCCCCCCCCCCCCCC)C(C)O. The largest absolute Gasteiger partial charge is 0.395 e. The summed E-state index contributed by atoms with van der Waals surface area (Å²) in [6.45, 7) is 6.44. The summed E-state index contributed by atoms with van der Waals surface area (Å²) in [7, 11) is 0. The first-order valence-corrected chi connectivity index (χ1v) is 19.5. The summed E-state index contributed by atoms with van der Waals surface area (Å²) < 4.78 is 0. The van der Waals surface area contributed by atoms with Gasteiger partial charge in [0.05, 0.1) is 12.7 Å². The summed E-state index contributed by atoms with van der Waals surface area (Å²) in [6.07, 6.45) is 35.1. The van der Waals surface area contributed by atoms with Crippen LogP contribution < -0.4 is 0 Å². The van der Waals surface area contributed by atoms with Crippen molar-refractivity contribution < 1.29 is 19.8 Å². The maximum absolute atomic E-state index is 13.3. The molecule has 5 heteroatoms. The zero-order chi connectivity index (χ0) is 32.5. The number of carbonyl (C=O) groups is 2. The number of hydrogen-bond acceptors (Lipinski definition) is 4. The van der Waals surface area contributed by atoms with Gasteiger partial charge in [0.1, 0.15) is 6.29 Å². The van der Waals surface area contributed by atoms with Crippen LogP contribution in [0.2, 0.25) is 0 Å². The second-order valence-corrected chi connectivity index (χ2v) is 13.7. The predicted octanol–water partition coefficient (Wildman–Crippen LogP) is 10.7. The second kappa shape index (κ2) is 33.4. The maximum atomic E-state index is 13.3. The van der Waals surface area contributed by atoms with Crippen molar-refractivity contribution in [2.75, 3.05) is 13.2 Å². The quantitative estimate of drug-likeness (QED) is 0.0544. The first kappa shape index (κ1) is 43.1. The molecule has 262 valence electrons. The van der Waals surface area contributed by atoms with Gasteiger partial charge in [-0.2, -0.15) is 0 Å². The number of aldehydes is 1. The summed E-state index contributed by atoms with van der Waals surface area (Å²) >= 11 is 0. The van der Waals surface area contributed by atoms with Crippen LogP contribution in [0.5, 0.6) is 0 Å². The number of unbranched alkanes of at least 4 members (excludes halogenated alkanes) is 24. The van der Waals surface area contributed by atoms with Crippen LogP contribution in [0.25, 0.3) is 0 Å². The van der Waals surface area contributed by atoms with E-state index in [4.69, 9.17) is 0 Å². The maximum Gasteiger partial charge on any atom is 0.222 e. The van der Waals surface area contributed by atoms with E-state index in [1.807, 2.05) is 0 Å². The zero-order valence-electron chi connectivity index (χ0n) is 29.9. The van der Waals surface area contributed by atoms with E-state index < -0.39 is 6.10 Å². The molecule has 3 unspecified atom stereocenters. The average molecular weight is 624 g/mol. The summed E-state index contributed by atoms with van der Waals surface area (Å²) in [6, 6.07) is -0.341. The van der Waals surface area contributed by atoms with Gasteiger partial charge in [-0.1, -0.05) is 174 Å². The average Bonchev–Trinajstić information content (AvgIpc) is 3.01. The number of aliphatic hydroxyl groups excluding tert-OH is 2. The van der Waals surface area contributed by atoms with Gasteiger partial charge in [0.2, 0.25) is 5.91 Å². The molecule has 0 aromatic rings. The molecule has 3 atom stereocenters. The number of aliphatic hydroxyl groups is 2. The van der Waals surface area contributed by atoms with Gasteiger partial charge in [0.15, 0.2) is 0 Å². The van der Waals surface area contributed by atoms with Crippen LogP contribution in [-0.2, 0) is 9.59 Å². The topological polar surface area (TPSA) is 77.8 Å². The highest BCUT2D eigenvalue weighted by molar-refractivity contribution is 5.77. The highest BCUT2D eigenvalue weighted by Crippen LogP contribution is 2.26. The van der Waals surface area contributed by atoms with Crippen LogP contribution in [-0.4, -0.2) is 52.6 Å². The van der Waals surface area contributed by atoms with Gasteiger partial charge in [0.25, 0.3) is 0 Å². The van der Waals surface area contributed by atoms with Crippen molar-refractivity contribution >= 4 is 12.2 Å². The van der Waals surface area contributed by atoms with Crippen LogP contribution in [0.1, 0.15) is 207 Å². The van der Waals surface area contributed by atoms with Gasteiger partial charge >= 0.3 is 0 Å². The van der Waals surface area contributed by atoms with E-state index in [1.54, 1.807) is 11.8 Å². The van der Waals surface area contributed by atoms with E-state index in [9.17, 15) is 19.8 Å². The van der Waals surface area contributed by atoms with Crippen LogP contribution >= 0.6 is 0 Å². The van der Waals surface area contributed by atoms with E-state index >= 15 is 0 Å². The highest BCUT2D eigenvalue weighted by Gasteiger charge is 2.32. The number of amides is 1. The van der Waals surface area contributed by atoms with Gasteiger partial charge in [-0.05, 0) is 19.8 Å². The first-order chi connectivity index (χ1) is 21.5. The fraction of sp³-hybridized carbons (Fsp3) is 0.949. The molecule has 0 aliphatic heterocycles. The number of nitrogens with zero attached hydrogens (tertiary/aromatic N) is 1. The smallest absolute Gasteiger partial charge is 0.222 e. The molecule has 0 spiro atoms. The minimum absolute atomic E-state index is 0.0185. The zero-order valence-corrected chi connectivity index (χ0v) is 29.9. The van der Waals surface area contributed by atoms with Crippen LogP contribution in [0.3, 0.4) is 0 Å². The minimum Gasteiger partial charge on any atom is -0.395 e. The molecule has 0 aromatic carbocycles. The molecule has 0 saturated heterocycles. The van der Waals surface area contributed by atoms with Crippen LogP contribution in [0, 0.1) is 5.92 Å². The Hall–Kier alpha value is -0.940. The number of hydrogen-bond donors (Lipinski definition) is 2. The molecule has 1 amide bonds. The van der Waals surface area contributed by atoms with Crippen molar-refractivity contribution in [2.45, 2.75) is 219 Å². The Bertz CT molecular complexity index is 611. The van der Waals surface area contributed by atoms with E-state index in [1.165, 1.54) is 135 Å². The lowest BCUT2D eigenvalue weighted by Gasteiger charge is -2.38. The Labute approximate surface area is 274 Å². The van der Waals surface area contributed by atoms with E-state index in [-0.39, 0.29) is 37.4 Å². The fourth-order valence-electron chi connectivity index (χ4n) is 6.81. The summed E-state index contributed by atoms with van der Waals surface area (Å²) in [4.78, 5) is 26.7. The van der Waals surface area contributed by atoms with Gasteiger partial charge in [-0.25, -0.2) is 0 Å². The monoisotopic (exact) mass is 624 g/mol. The standard InChI is InChI=1S/C39H77NO4/c1-4-6-8-10-12-14-16-18-20-22-24-26-28-30-37(36(3)43)38(32-34-41)40(33-35-42)39(44)31-29-27-25-23-21-19-17-15-13-11-9-7-5-2/h34,36-38,42-43H,4-33,35H2,1-3H3. The summed E-state index contributed by atoms with van der Waals surface area (Å²) in [5.41, 5.74) is 0. The third kappa shape index (κ3) is 25.3. The fourth-order valence-corrected chi connectivity index (χ4v) is 6.81. The molecule has 0 bridgehead atoms. The Morgan fingerprint density at radius 3 is 1.32 bits per heavy atom. The van der Waals surface area contributed by atoms with Crippen molar-refractivity contribution in [3.63, 3.8) is 0 Å². The molecule has 0 saturated carbocycles. The van der Waals surface area contributed by atoms with E-state index in [2.05, 4.69) is 13.8 Å². The van der Waals surface area contributed by atoms with Crippen molar-refractivity contribution in [3.8, 4) is 0 Å². The third-order valence-electron chi connectivity index (χ3n) is 9.65. The summed E-state index contributed by atoms with van der Waals surface area (Å²) in [5.74, 6) is -0.125. The van der Waals surface area contributed by atoms with Crippen LogP contribution in [0.4, 0.5) is 0 Å². The molecule has 0 aliphatic carbocycles.